The third-order valence-corrected chi connectivity index (χ3v) is 3.24. The second-order valence-electron chi connectivity index (χ2n) is 5.54. The van der Waals surface area contributed by atoms with E-state index < -0.39 is 0 Å². The highest BCUT2D eigenvalue weighted by molar-refractivity contribution is 6.30. The fourth-order valence-corrected chi connectivity index (χ4v) is 1.98. The molecule has 1 aromatic heterocycles. The summed E-state index contributed by atoms with van der Waals surface area (Å²) >= 11 is 5.78. The second kappa shape index (κ2) is 8.80. The van der Waals surface area contributed by atoms with Gasteiger partial charge in [0.25, 0.3) is 0 Å². The van der Waals surface area contributed by atoms with Crippen molar-refractivity contribution in [1.29, 1.82) is 0 Å². The molecule has 20 heavy (non-hydrogen) atoms. The number of rotatable bonds is 7. The zero-order chi connectivity index (χ0) is 15.0. The first-order chi connectivity index (χ1) is 9.47. The number of nitrogens with zero attached hydrogens (tertiary/aromatic N) is 2. The smallest absolute Gasteiger partial charge is 0.189 e. The maximum Gasteiger partial charge on any atom is 0.189 e. The first-order valence-corrected chi connectivity index (χ1v) is 7.52. The number of pyridine rings is 1. The summed E-state index contributed by atoms with van der Waals surface area (Å²) in [4.78, 5) is 8.46. The Bertz CT molecular complexity index is 414. The van der Waals surface area contributed by atoms with E-state index in [9.17, 15) is 0 Å². The molecule has 0 aliphatic heterocycles. The molecule has 1 aromatic rings. The highest BCUT2D eigenvalue weighted by Crippen LogP contribution is 2.08. The molecule has 0 bridgehead atoms. The number of hydrogen-bond donors (Lipinski definition) is 2. The Morgan fingerprint density at radius 3 is 2.70 bits per heavy atom. The molecule has 5 heteroatoms. The summed E-state index contributed by atoms with van der Waals surface area (Å²) in [6.45, 7) is 7.08. The van der Waals surface area contributed by atoms with Gasteiger partial charge in [-0.3, -0.25) is 4.98 Å². The van der Waals surface area contributed by atoms with E-state index in [0.29, 0.717) is 23.6 Å². The van der Waals surface area contributed by atoms with E-state index in [1.54, 1.807) is 12.3 Å². The summed E-state index contributed by atoms with van der Waals surface area (Å²) in [5.41, 5.74) is 6.72. The van der Waals surface area contributed by atoms with E-state index in [1.807, 2.05) is 6.07 Å². The minimum absolute atomic E-state index is 0.343. The number of aliphatic imine (C=N–C) groups is 1. The first-order valence-electron chi connectivity index (χ1n) is 7.14. The van der Waals surface area contributed by atoms with E-state index in [1.165, 1.54) is 12.8 Å². The molecule has 0 fully saturated rings. The van der Waals surface area contributed by atoms with Gasteiger partial charge in [0.1, 0.15) is 0 Å². The van der Waals surface area contributed by atoms with Crippen LogP contribution in [0.5, 0.6) is 0 Å². The van der Waals surface area contributed by atoms with E-state index in [0.717, 1.165) is 18.0 Å². The highest BCUT2D eigenvalue weighted by Gasteiger charge is 2.04. The summed E-state index contributed by atoms with van der Waals surface area (Å²) in [7, 11) is 0. The van der Waals surface area contributed by atoms with Crippen LogP contribution >= 0.6 is 11.6 Å². The normalized spacial score (nSPS) is 13.6. The van der Waals surface area contributed by atoms with Crippen LogP contribution in [0.3, 0.4) is 0 Å². The van der Waals surface area contributed by atoms with Gasteiger partial charge in [0.2, 0.25) is 0 Å². The number of nitrogens with two attached hydrogens (primary N) is 1. The van der Waals surface area contributed by atoms with Crippen molar-refractivity contribution in [2.45, 2.75) is 52.6 Å². The molecule has 0 amide bonds. The standard InChI is InChI=1S/C15H25ClN4/c1-11(2)5-4-6-12(3)20-15(17)19-10-14-8-7-13(16)9-18-14/h7-9,11-12H,4-6,10H2,1-3H3,(H3,17,19,20). The largest absolute Gasteiger partial charge is 0.370 e. The average Bonchev–Trinajstić information content (AvgIpc) is 2.37. The van der Waals surface area contributed by atoms with Crippen LogP contribution in [-0.4, -0.2) is 17.0 Å². The van der Waals surface area contributed by atoms with E-state index >= 15 is 0 Å². The van der Waals surface area contributed by atoms with E-state index in [4.69, 9.17) is 17.3 Å². The molecule has 112 valence electrons. The van der Waals surface area contributed by atoms with Gasteiger partial charge in [-0.1, -0.05) is 38.3 Å². The van der Waals surface area contributed by atoms with Gasteiger partial charge in [0, 0.05) is 12.2 Å². The van der Waals surface area contributed by atoms with Crippen molar-refractivity contribution in [3.8, 4) is 0 Å². The van der Waals surface area contributed by atoms with Crippen LogP contribution < -0.4 is 11.1 Å². The maximum atomic E-state index is 5.87. The molecule has 0 radical (unpaired) electrons. The molecule has 1 heterocycles. The molecule has 3 N–H and O–H groups in total. The summed E-state index contributed by atoms with van der Waals surface area (Å²) < 4.78 is 0. The van der Waals surface area contributed by atoms with Gasteiger partial charge in [-0.2, -0.15) is 0 Å². The van der Waals surface area contributed by atoms with Crippen molar-refractivity contribution in [2.75, 3.05) is 0 Å². The van der Waals surface area contributed by atoms with Crippen LogP contribution in [0.15, 0.2) is 23.3 Å². The lowest BCUT2D eigenvalue weighted by atomic mass is 10.0. The molecular weight excluding hydrogens is 272 g/mol. The topological polar surface area (TPSA) is 63.3 Å². The fraction of sp³-hybridized carbons (Fsp3) is 0.600. The van der Waals surface area contributed by atoms with Crippen LogP contribution in [0.4, 0.5) is 0 Å². The molecule has 1 atom stereocenters. The third kappa shape index (κ3) is 7.34. The fourth-order valence-electron chi connectivity index (χ4n) is 1.87. The Morgan fingerprint density at radius 1 is 1.35 bits per heavy atom. The summed E-state index contributed by atoms with van der Waals surface area (Å²) in [5, 5.41) is 3.84. The molecule has 4 nitrogen and oxygen atoms in total. The van der Waals surface area contributed by atoms with Gasteiger partial charge in [-0.15, -0.1) is 0 Å². The third-order valence-electron chi connectivity index (χ3n) is 3.01. The Hall–Kier alpha value is -1.29. The van der Waals surface area contributed by atoms with E-state index in [-0.39, 0.29) is 0 Å². The number of nitrogens with one attached hydrogen (secondary N) is 1. The van der Waals surface area contributed by atoms with Gasteiger partial charge < -0.3 is 11.1 Å². The van der Waals surface area contributed by atoms with Crippen molar-refractivity contribution in [3.05, 3.63) is 29.0 Å². The minimum Gasteiger partial charge on any atom is -0.370 e. The second-order valence-corrected chi connectivity index (χ2v) is 5.98. The monoisotopic (exact) mass is 296 g/mol. The quantitative estimate of drug-likeness (QED) is 0.599. The Balaban J connectivity index is 2.32. The average molecular weight is 297 g/mol. The Morgan fingerprint density at radius 2 is 2.10 bits per heavy atom. The van der Waals surface area contributed by atoms with Gasteiger partial charge in [0.15, 0.2) is 5.96 Å². The first kappa shape index (κ1) is 16.8. The van der Waals surface area contributed by atoms with Gasteiger partial charge in [-0.25, -0.2) is 4.99 Å². The van der Waals surface area contributed by atoms with Crippen LogP contribution in [-0.2, 0) is 6.54 Å². The molecule has 0 aliphatic rings. The summed E-state index contributed by atoms with van der Waals surface area (Å²) in [6.07, 6.45) is 5.17. The minimum atomic E-state index is 0.343. The van der Waals surface area contributed by atoms with Crippen molar-refractivity contribution in [1.82, 2.24) is 10.3 Å². The zero-order valence-corrected chi connectivity index (χ0v) is 13.3. The lowest BCUT2D eigenvalue weighted by Gasteiger charge is -2.15. The number of hydrogen-bond acceptors (Lipinski definition) is 2. The molecule has 0 saturated heterocycles. The molecule has 0 saturated carbocycles. The van der Waals surface area contributed by atoms with Gasteiger partial charge in [0.05, 0.1) is 17.3 Å². The van der Waals surface area contributed by atoms with Crippen LogP contribution in [0.1, 0.15) is 45.7 Å². The lowest BCUT2D eigenvalue weighted by molar-refractivity contribution is 0.493. The van der Waals surface area contributed by atoms with Gasteiger partial charge in [-0.05, 0) is 31.4 Å². The Labute approximate surface area is 126 Å². The summed E-state index contributed by atoms with van der Waals surface area (Å²) in [6, 6.07) is 4.00. The van der Waals surface area contributed by atoms with Crippen LogP contribution in [0.25, 0.3) is 0 Å². The van der Waals surface area contributed by atoms with Crippen molar-refractivity contribution in [2.24, 2.45) is 16.6 Å². The predicted octanol–water partition coefficient (Wildman–Crippen LogP) is 3.35. The predicted molar refractivity (Wildman–Crippen MR) is 85.9 cm³/mol. The van der Waals surface area contributed by atoms with Crippen LogP contribution in [0, 0.1) is 5.92 Å². The van der Waals surface area contributed by atoms with Crippen molar-refractivity contribution < 1.29 is 0 Å². The molecule has 1 rings (SSSR count). The molecular formula is C15H25ClN4. The summed E-state index contributed by atoms with van der Waals surface area (Å²) in [5.74, 6) is 1.22. The highest BCUT2D eigenvalue weighted by atomic mass is 35.5. The van der Waals surface area contributed by atoms with Crippen molar-refractivity contribution >= 4 is 17.6 Å². The molecule has 0 aliphatic carbocycles. The van der Waals surface area contributed by atoms with Crippen molar-refractivity contribution in [3.63, 3.8) is 0 Å². The maximum absolute atomic E-state index is 5.87. The lowest BCUT2D eigenvalue weighted by Crippen LogP contribution is -2.38. The zero-order valence-electron chi connectivity index (χ0n) is 12.6. The van der Waals surface area contributed by atoms with E-state index in [2.05, 4.69) is 36.1 Å². The van der Waals surface area contributed by atoms with Crippen LogP contribution in [0.2, 0.25) is 5.02 Å². The molecule has 0 aromatic carbocycles. The number of halogens is 1. The molecule has 1 unspecified atom stereocenters. The molecule has 0 spiro atoms. The van der Waals surface area contributed by atoms with Gasteiger partial charge >= 0.3 is 0 Å². The SMILES string of the molecule is CC(C)CCCC(C)NC(N)=NCc1ccc(Cl)cn1. The Kier molecular flexibility index (Phi) is 7.37. The number of aromatic nitrogens is 1. The number of guanidine groups is 1.